The van der Waals surface area contributed by atoms with Gasteiger partial charge in [0.1, 0.15) is 12.1 Å². The first-order valence-electron chi connectivity index (χ1n) is 9.47. The summed E-state index contributed by atoms with van der Waals surface area (Å²) in [4.78, 5) is 51.9. The Hall–Kier alpha value is -2.90. The summed E-state index contributed by atoms with van der Waals surface area (Å²) >= 11 is 0. The third kappa shape index (κ3) is 3.85. The number of nitrogens with zero attached hydrogens (tertiary/aromatic N) is 2. The number of hydrogen-bond acceptors (Lipinski definition) is 5. The summed E-state index contributed by atoms with van der Waals surface area (Å²) in [6.07, 6.45) is 2.95. The molecule has 150 valence electrons. The molecule has 2 fully saturated rings. The molecule has 0 radical (unpaired) electrons. The maximum Gasteiger partial charge on any atom is 0.326 e. The Morgan fingerprint density at radius 1 is 1.21 bits per heavy atom. The first-order chi connectivity index (χ1) is 13.3. The highest BCUT2D eigenvalue weighted by molar-refractivity contribution is 6.08. The molecule has 8 heteroatoms. The van der Waals surface area contributed by atoms with E-state index in [0.717, 1.165) is 24.2 Å². The molecule has 0 saturated carbocycles. The summed E-state index contributed by atoms with van der Waals surface area (Å²) in [5, 5.41) is 2.63. The first kappa shape index (κ1) is 19.9. The van der Waals surface area contributed by atoms with Crippen LogP contribution in [0.5, 0.6) is 0 Å². The summed E-state index contributed by atoms with van der Waals surface area (Å²) in [6, 6.07) is 8.27. The second-order valence-corrected chi connectivity index (χ2v) is 7.41. The maximum absolute atomic E-state index is 12.8. The lowest BCUT2D eigenvalue weighted by Gasteiger charge is -2.33. The van der Waals surface area contributed by atoms with Crippen LogP contribution in [0, 0.1) is 0 Å². The molecule has 0 spiro atoms. The number of imide groups is 1. The minimum atomic E-state index is -1.24. The van der Waals surface area contributed by atoms with Crippen LogP contribution in [-0.4, -0.2) is 59.4 Å². The predicted octanol–water partition coefficient (Wildman–Crippen LogP) is 1.40. The molecule has 0 unspecified atom stereocenters. The molecule has 0 bridgehead atoms. The van der Waals surface area contributed by atoms with Crippen LogP contribution in [-0.2, 0) is 24.7 Å². The van der Waals surface area contributed by atoms with E-state index >= 15 is 0 Å². The smallest absolute Gasteiger partial charge is 0.326 e. The minimum Gasteiger partial charge on any atom is -0.454 e. The molecule has 2 heterocycles. The van der Waals surface area contributed by atoms with E-state index in [9.17, 15) is 19.2 Å². The van der Waals surface area contributed by atoms with E-state index in [1.807, 2.05) is 13.0 Å². The standard InChI is InChI=1S/C20H25N3O5/c1-14-8-6-7-11-22(14)16(24)13-28-17(25)12-23-18(26)20(2,21-19(23)27)15-9-4-3-5-10-15/h3-5,9-10,14H,6-8,11-13H2,1-2H3,(H,21,27)/t14-,20-/m0/s1. The van der Waals surface area contributed by atoms with Crippen molar-refractivity contribution < 1.29 is 23.9 Å². The fraction of sp³-hybridized carbons (Fsp3) is 0.500. The lowest BCUT2D eigenvalue weighted by molar-refractivity contribution is -0.155. The number of likely N-dealkylation sites (tertiary alicyclic amines) is 1. The quantitative estimate of drug-likeness (QED) is 0.609. The molecule has 0 aliphatic carbocycles. The van der Waals surface area contributed by atoms with Gasteiger partial charge < -0.3 is 15.0 Å². The van der Waals surface area contributed by atoms with Crippen molar-refractivity contribution in [1.82, 2.24) is 15.1 Å². The molecular formula is C20H25N3O5. The minimum absolute atomic E-state index is 0.123. The Balaban J connectivity index is 1.57. The summed E-state index contributed by atoms with van der Waals surface area (Å²) < 4.78 is 5.03. The van der Waals surface area contributed by atoms with Crippen molar-refractivity contribution >= 4 is 23.8 Å². The number of piperidine rings is 1. The number of hydrogen-bond donors (Lipinski definition) is 1. The number of carbonyl (C=O) groups is 4. The Kier molecular flexibility index (Phi) is 5.67. The second-order valence-electron chi connectivity index (χ2n) is 7.41. The number of carbonyl (C=O) groups excluding carboxylic acids is 4. The third-order valence-electron chi connectivity index (χ3n) is 5.39. The zero-order valence-corrected chi connectivity index (χ0v) is 16.1. The normalized spacial score (nSPS) is 24.9. The van der Waals surface area contributed by atoms with Crippen LogP contribution in [0.25, 0.3) is 0 Å². The van der Waals surface area contributed by atoms with Crippen LogP contribution in [0.1, 0.15) is 38.7 Å². The summed E-state index contributed by atoms with van der Waals surface area (Å²) in [7, 11) is 0. The van der Waals surface area contributed by atoms with Crippen molar-refractivity contribution in [2.75, 3.05) is 19.7 Å². The van der Waals surface area contributed by atoms with E-state index < -0.39 is 30.0 Å². The van der Waals surface area contributed by atoms with E-state index in [0.29, 0.717) is 12.1 Å². The van der Waals surface area contributed by atoms with Gasteiger partial charge in [0.25, 0.3) is 11.8 Å². The van der Waals surface area contributed by atoms with Crippen molar-refractivity contribution in [3.63, 3.8) is 0 Å². The van der Waals surface area contributed by atoms with Gasteiger partial charge in [-0.15, -0.1) is 0 Å². The van der Waals surface area contributed by atoms with E-state index in [1.54, 1.807) is 36.1 Å². The average molecular weight is 387 g/mol. The summed E-state index contributed by atoms with van der Waals surface area (Å²) in [6.45, 7) is 3.30. The molecule has 1 aromatic carbocycles. The first-order valence-corrected chi connectivity index (χ1v) is 9.47. The maximum atomic E-state index is 12.8. The van der Waals surface area contributed by atoms with E-state index in [1.165, 1.54) is 0 Å². The number of ether oxygens (including phenoxy) is 1. The van der Waals surface area contributed by atoms with Gasteiger partial charge in [-0.3, -0.25) is 19.3 Å². The van der Waals surface area contributed by atoms with Crippen molar-refractivity contribution in [2.45, 2.75) is 44.7 Å². The van der Waals surface area contributed by atoms with Crippen molar-refractivity contribution in [2.24, 2.45) is 0 Å². The number of rotatable bonds is 5. The SMILES string of the molecule is C[C@H]1CCCCN1C(=O)COC(=O)CN1C(=O)N[C@@](C)(c2ccccc2)C1=O. The Bertz CT molecular complexity index is 781. The van der Waals surface area contributed by atoms with Crippen LogP contribution in [0.15, 0.2) is 30.3 Å². The Morgan fingerprint density at radius 3 is 2.61 bits per heavy atom. The fourth-order valence-corrected chi connectivity index (χ4v) is 3.68. The molecule has 2 aliphatic rings. The largest absolute Gasteiger partial charge is 0.454 e. The molecule has 1 N–H and O–H groups in total. The summed E-state index contributed by atoms with van der Waals surface area (Å²) in [5.74, 6) is -1.58. The molecule has 1 aromatic rings. The van der Waals surface area contributed by atoms with Crippen molar-refractivity contribution in [1.29, 1.82) is 0 Å². The zero-order valence-electron chi connectivity index (χ0n) is 16.1. The molecule has 4 amide bonds. The summed E-state index contributed by atoms with van der Waals surface area (Å²) in [5.41, 5.74) is -0.615. The predicted molar refractivity (Wildman–Crippen MR) is 100 cm³/mol. The van der Waals surface area contributed by atoms with Gasteiger partial charge in [-0.05, 0) is 38.7 Å². The molecular weight excluding hydrogens is 362 g/mol. The topological polar surface area (TPSA) is 96.0 Å². The highest BCUT2D eigenvalue weighted by atomic mass is 16.5. The lowest BCUT2D eigenvalue weighted by atomic mass is 9.92. The molecule has 8 nitrogen and oxygen atoms in total. The van der Waals surface area contributed by atoms with E-state index in [2.05, 4.69) is 5.32 Å². The monoisotopic (exact) mass is 387 g/mol. The Labute approximate surface area is 163 Å². The molecule has 2 atom stereocenters. The van der Waals surface area contributed by atoms with Crippen LogP contribution < -0.4 is 5.32 Å². The molecule has 3 rings (SSSR count). The Morgan fingerprint density at radius 2 is 1.93 bits per heavy atom. The second kappa shape index (κ2) is 8.00. The van der Waals surface area contributed by atoms with Crippen molar-refractivity contribution in [3.05, 3.63) is 35.9 Å². The number of esters is 1. The third-order valence-corrected chi connectivity index (χ3v) is 5.39. The molecule has 28 heavy (non-hydrogen) atoms. The van der Waals surface area contributed by atoms with Crippen LogP contribution >= 0.6 is 0 Å². The van der Waals surface area contributed by atoms with Gasteiger partial charge in [-0.2, -0.15) is 0 Å². The highest BCUT2D eigenvalue weighted by Gasteiger charge is 2.49. The molecule has 2 saturated heterocycles. The van der Waals surface area contributed by atoms with Gasteiger partial charge in [-0.25, -0.2) is 4.79 Å². The van der Waals surface area contributed by atoms with Crippen LogP contribution in [0.3, 0.4) is 0 Å². The van der Waals surface area contributed by atoms with Gasteiger partial charge >= 0.3 is 12.0 Å². The van der Waals surface area contributed by atoms with Gasteiger partial charge in [-0.1, -0.05) is 30.3 Å². The van der Waals surface area contributed by atoms with E-state index in [4.69, 9.17) is 4.74 Å². The lowest BCUT2D eigenvalue weighted by Crippen LogP contribution is -2.45. The number of nitrogens with one attached hydrogen (secondary N) is 1. The van der Waals surface area contributed by atoms with Gasteiger partial charge in [0.2, 0.25) is 0 Å². The number of urea groups is 1. The van der Waals surface area contributed by atoms with Crippen LogP contribution in [0.4, 0.5) is 4.79 Å². The van der Waals surface area contributed by atoms with E-state index in [-0.39, 0.29) is 18.6 Å². The van der Waals surface area contributed by atoms with Crippen LogP contribution in [0.2, 0.25) is 0 Å². The number of amides is 4. The van der Waals surface area contributed by atoms with Gasteiger partial charge in [0.15, 0.2) is 6.61 Å². The molecule has 2 aliphatic heterocycles. The zero-order chi connectivity index (χ0) is 20.3. The number of benzene rings is 1. The van der Waals surface area contributed by atoms with Crippen molar-refractivity contribution in [3.8, 4) is 0 Å². The van der Waals surface area contributed by atoms with Gasteiger partial charge in [0, 0.05) is 12.6 Å². The van der Waals surface area contributed by atoms with Gasteiger partial charge in [0.05, 0.1) is 0 Å². The average Bonchev–Trinajstić information content (AvgIpc) is 2.91. The molecule has 0 aromatic heterocycles. The highest BCUT2D eigenvalue weighted by Crippen LogP contribution is 2.28. The fourth-order valence-electron chi connectivity index (χ4n) is 3.68.